The predicted molar refractivity (Wildman–Crippen MR) is 78.6 cm³/mol. The van der Waals surface area contributed by atoms with Gasteiger partial charge >= 0.3 is 5.97 Å². The van der Waals surface area contributed by atoms with Gasteiger partial charge in [0.25, 0.3) is 0 Å². The Kier molecular flexibility index (Phi) is 4.93. The van der Waals surface area contributed by atoms with Crippen molar-refractivity contribution in [1.29, 1.82) is 0 Å². The minimum absolute atomic E-state index is 0.0260. The molecule has 114 valence electrons. The molecule has 1 heterocycles. The van der Waals surface area contributed by atoms with E-state index in [4.69, 9.17) is 4.74 Å². The van der Waals surface area contributed by atoms with E-state index in [1.807, 2.05) is 6.92 Å². The van der Waals surface area contributed by atoms with Crippen LogP contribution in [0.2, 0.25) is 0 Å². The third kappa shape index (κ3) is 3.22. The number of carbonyl (C=O) groups excluding carboxylic acids is 1. The molecule has 2 N–H and O–H groups in total. The molecule has 0 aromatic heterocycles. The van der Waals surface area contributed by atoms with E-state index in [-0.39, 0.29) is 23.4 Å². The number of hydrogen-bond donors (Lipinski definition) is 2. The summed E-state index contributed by atoms with van der Waals surface area (Å²) in [4.78, 5) is 25.3. The standard InChI is InChI=1S/C15H20N2O4/c1-3-16-12-9-21-8-11(12)14(18)17(2)13-7-5-4-6-10(13)15(19)20/h4-7,11-12,16H,3,8-9H2,1-2H3,(H,19,20). The van der Waals surface area contributed by atoms with Gasteiger partial charge in [0.1, 0.15) is 0 Å². The highest BCUT2D eigenvalue weighted by Gasteiger charge is 2.36. The summed E-state index contributed by atoms with van der Waals surface area (Å²) in [6, 6.07) is 6.47. The summed E-state index contributed by atoms with van der Waals surface area (Å²) in [6.07, 6.45) is 0. The van der Waals surface area contributed by atoms with Crippen LogP contribution in [0, 0.1) is 5.92 Å². The quantitative estimate of drug-likeness (QED) is 0.845. The van der Waals surface area contributed by atoms with Gasteiger partial charge in [0.2, 0.25) is 5.91 Å². The van der Waals surface area contributed by atoms with Crippen LogP contribution >= 0.6 is 0 Å². The Labute approximate surface area is 123 Å². The third-order valence-electron chi connectivity index (χ3n) is 3.69. The van der Waals surface area contributed by atoms with E-state index in [2.05, 4.69) is 5.32 Å². The number of benzene rings is 1. The monoisotopic (exact) mass is 292 g/mol. The number of hydrogen-bond acceptors (Lipinski definition) is 4. The summed E-state index contributed by atoms with van der Waals surface area (Å²) in [5.74, 6) is -1.47. The summed E-state index contributed by atoms with van der Waals surface area (Å²) in [7, 11) is 1.60. The van der Waals surface area contributed by atoms with Crippen LogP contribution in [0.15, 0.2) is 24.3 Å². The van der Waals surface area contributed by atoms with Gasteiger partial charge in [-0.15, -0.1) is 0 Å². The van der Waals surface area contributed by atoms with Gasteiger partial charge in [-0.2, -0.15) is 0 Å². The van der Waals surface area contributed by atoms with Crippen molar-refractivity contribution in [2.45, 2.75) is 13.0 Å². The summed E-state index contributed by atoms with van der Waals surface area (Å²) >= 11 is 0. The van der Waals surface area contributed by atoms with E-state index in [0.29, 0.717) is 18.9 Å². The lowest BCUT2D eigenvalue weighted by atomic mass is 10.0. The molecular weight excluding hydrogens is 272 g/mol. The highest BCUT2D eigenvalue weighted by Crippen LogP contribution is 2.24. The van der Waals surface area contributed by atoms with Gasteiger partial charge in [-0.3, -0.25) is 4.79 Å². The van der Waals surface area contributed by atoms with E-state index >= 15 is 0 Å². The molecule has 0 bridgehead atoms. The molecule has 0 saturated carbocycles. The first-order chi connectivity index (χ1) is 10.1. The molecule has 0 spiro atoms. The molecule has 1 aliphatic heterocycles. The molecular formula is C15H20N2O4. The SMILES string of the molecule is CCNC1COCC1C(=O)N(C)c1ccccc1C(=O)O. The maximum atomic E-state index is 12.6. The number of amides is 1. The number of aromatic carboxylic acids is 1. The maximum Gasteiger partial charge on any atom is 0.337 e. The number of nitrogens with zero attached hydrogens (tertiary/aromatic N) is 1. The number of nitrogens with one attached hydrogen (secondary N) is 1. The van der Waals surface area contributed by atoms with E-state index in [9.17, 15) is 14.7 Å². The van der Waals surface area contributed by atoms with Crippen molar-refractivity contribution in [1.82, 2.24) is 5.32 Å². The lowest BCUT2D eigenvalue weighted by Gasteiger charge is -2.25. The second kappa shape index (κ2) is 6.69. The van der Waals surface area contributed by atoms with Crippen LogP contribution in [0.25, 0.3) is 0 Å². The molecule has 1 fully saturated rings. The molecule has 6 heteroatoms. The van der Waals surface area contributed by atoms with Crippen molar-refractivity contribution in [3.8, 4) is 0 Å². The molecule has 1 aliphatic rings. The molecule has 2 atom stereocenters. The van der Waals surface area contributed by atoms with Crippen LogP contribution in [-0.4, -0.2) is 49.8 Å². The first kappa shape index (κ1) is 15.5. The Morgan fingerprint density at radius 2 is 2.10 bits per heavy atom. The summed E-state index contributed by atoms with van der Waals surface area (Å²) in [6.45, 7) is 3.59. The zero-order valence-electron chi connectivity index (χ0n) is 12.2. The fraction of sp³-hybridized carbons (Fsp3) is 0.467. The van der Waals surface area contributed by atoms with Gasteiger partial charge in [-0.25, -0.2) is 4.79 Å². The van der Waals surface area contributed by atoms with E-state index in [1.54, 1.807) is 25.2 Å². The van der Waals surface area contributed by atoms with Crippen LogP contribution in [0.4, 0.5) is 5.69 Å². The minimum Gasteiger partial charge on any atom is -0.478 e. The van der Waals surface area contributed by atoms with Crippen molar-refractivity contribution in [3.63, 3.8) is 0 Å². The van der Waals surface area contributed by atoms with E-state index in [0.717, 1.165) is 6.54 Å². The Morgan fingerprint density at radius 3 is 2.76 bits per heavy atom. The van der Waals surface area contributed by atoms with Crippen LogP contribution in [0.5, 0.6) is 0 Å². The van der Waals surface area contributed by atoms with Crippen molar-refractivity contribution < 1.29 is 19.4 Å². The van der Waals surface area contributed by atoms with Gasteiger partial charge in [0.15, 0.2) is 0 Å². The Balaban J connectivity index is 2.21. The van der Waals surface area contributed by atoms with Crippen molar-refractivity contribution in [2.75, 3.05) is 31.7 Å². The summed E-state index contributed by atoms with van der Waals surface area (Å²) in [5.41, 5.74) is 0.518. The zero-order valence-corrected chi connectivity index (χ0v) is 12.2. The predicted octanol–water partition coefficient (Wildman–Crippen LogP) is 0.972. The second-order valence-electron chi connectivity index (χ2n) is 5.03. The molecule has 1 saturated heterocycles. The van der Waals surface area contributed by atoms with Gasteiger partial charge in [0, 0.05) is 13.1 Å². The Bertz CT molecular complexity index is 532. The average molecular weight is 292 g/mol. The number of para-hydroxylation sites is 1. The van der Waals surface area contributed by atoms with Gasteiger partial charge in [-0.05, 0) is 18.7 Å². The number of carboxylic acid groups (broad SMARTS) is 1. The second-order valence-corrected chi connectivity index (χ2v) is 5.03. The van der Waals surface area contributed by atoms with Gasteiger partial charge < -0.3 is 20.1 Å². The van der Waals surface area contributed by atoms with Crippen molar-refractivity contribution in [3.05, 3.63) is 29.8 Å². The van der Waals surface area contributed by atoms with Crippen LogP contribution < -0.4 is 10.2 Å². The first-order valence-electron chi connectivity index (χ1n) is 6.97. The Morgan fingerprint density at radius 1 is 1.38 bits per heavy atom. The highest BCUT2D eigenvalue weighted by molar-refractivity contribution is 6.02. The molecule has 21 heavy (non-hydrogen) atoms. The van der Waals surface area contributed by atoms with E-state index in [1.165, 1.54) is 11.0 Å². The fourth-order valence-electron chi connectivity index (χ4n) is 2.58. The molecule has 1 amide bonds. The van der Waals surface area contributed by atoms with Crippen LogP contribution in [0.1, 0.15) is 17.3 Å². The molecule has 1 aromatic rings. The van der Waals surface area contributed by atoms with Crippen molar-refractivity contribution in [2.24, 2.45) is 5.92 Å². The zero-order chi connectivity index (χ0) is 15.4. The third-order valence-corrected chi connectivity index (χ3v) is 3.69. The van der Waals surface area contributed by atoms with Crippen LogP contribution in [0.3, 0.4) is 0 Å². The molecule has 0 radical (unpaired) electrons. The maximum absolute atomic E-state index is 12.6. The number of carbonyl (C=O) groups is 2. The number of likely N-dealkylation sites (N-methyl/N-ethyl adjacent to an activating group) is 1. The number of ether oxygens (including phenoxy) is 1. The topological polar surface area (TPSA) is 78.9 Å². The molecule has 2 unspecified atom stereocenters. The normalized spacial score (nSPS) is 21.2. The molecule has 1 aromatic carbocycles. The molecule has 2 rings (SSSR count). The summed E-state index contributed by atoms with van der Waals surface area (Å²) < 4.78 is 5.38. The average Bonchev–Trinajstić information content (AvgIpc) is 2.94. The van der Waals surface area contributed by atoms with E-state index < -0.39 is 5.97 Å². The largest absolute Gasteiger partial charge is 0.478 e. The smallest absolute Gasteiger partial charge is 0.337 e. The minimum atomic E-state index is -1.05. The molecule has 6 nitrogen and oxygen atoms in total. The lowest BCUT2D eigenvalue weighted by molar-refractivity contribution is -0.122. The van der Waals surface area contributed by atoms with Crippen LogP contribution in [-0.2, 0) is 9.53 Å². The van der Waals surface area contributed by atoms with Gasteiger partial charge in [0.05, 0.1) is 30.4 Å². The molecule has 0 aliphatic carbocycles. The van der Waals surface area contributed by atoms with Crippen molar-refractivity contribution >= 4 is 17.6 Å². The summed E-state index contributed by atoms with van der Waals surface area (Å²) in [5, 5.41) is 12.5. The number of carboxylic acids is 1. The first-order valence-corrected chi connectivity index (χ1v) is 6.97. The highest BCUT2D eigenvalue weighted by atomic mass is 16.5. The van der Waals surface area contributed by atoms with Gasteiger partial charge in [-0.1, -0.05) is 19.1 Å². The fourth-order valence-corrected chi connectivity index (χ4v) is 2.58. The number of anilines is 1. The lowest BCUT2D eigenvalue weighted by Crippen LogP contribution is -2.45. The number of rotatable bonds is 5. The Hall–Kier alpha value is -1.92.